The zero-order chi connectivity index (χ0) is 14.0. The fraction of sp³-hybridized carbons (Fsp3) is 0.571. The number of thiophene rings is 1. The number of aryl methyl sites for hydroxylation is 2. The van der Waals surface area contributed by atoms with Gasteiger partial charge in [-0.2, -0.15) is 0 Å². The number of nitrogens with two attached hydrogens (primary N) is 1. The number of carbonyl (C=O) groups is 2. The number of piperidine rings is 1. The van der Waals surface area contributed by atoms with Crippen molar-refractivity contribution in [2.24, 2.45) is 11.7 Å². The highest BCUT2D eigenvalue weighted by atomic mass is 32.1. The Morgan fingerprint density at radius 2 is 2.05 bits per heavy atom. The summed E-state index contributed by atoms with van der Waals surface area (Å²) in [4.78, 5) is 27.4. The lowest BCUT2D eigenvalue weighted by Gasteiger charge is -2.30. The molecule has 0 saturated carbocycles. The molecule has 2 heterocycles. The van der Waals surface area contributed by atoms with Crippen LogP contribution in [-0.2, 0) is 11.2 Å². The summed E-state index contributed by atoms with van der Waals surface area (Å²) in [5.41, 5.74) is 6.50. The maximum Gasteiger partial charge on any atom is 0.263 e. The van der Waals surface area contributed by atoms with E-state index in [2.05, 4.69) is 6.92 Å². The molecule has 0 spiro atoms. The van der Waals surface area contributed by atoms with Gasteiger partial charge < -0.3 is 10.6 Å². The molecule has 1 aromatic heterocycles. The first kappa shape index (κ1) is 14.1. The molecule has 5 heteroatoms. The largest absolute Gasteiger partial charge is 0.369 e. The van der Waals surface area contributed by atoms with E-state index in [0.717, 1.165) is 11.3 Å². The zero-order valence-corrected chi connectivity index (χ0v) is 12.3. The van der Waals surface area contributed by atoms with Gasteiger partial charge in [0.05, 0.1) is 4.88 Å². The summed E-state index contributed by atoms with van der Waals surface area (Å²) in [6, 6.07) is 1.98. The lowest BCUT2D eigenvalue weighted by molar-refractivity contribution is -0.123. The molecule has 1 aliphatic rings. The van der Waals surface area contributed by atoms with Crippen LogP contribution in [0.4, 0.5) is 0 Å². The van der Waals surface area contributed by atoms with E-state index >= 15 is 0 Å². The van der Waals surface area contributed by atoms with Crippen molar-refractivity contribution in [3.8, 4) is 0 Å². The number of primary amides is 1. The molecule has 1 fully saturated rings. The van der Waals surface area contributed by atoms with E-state index in [0.29, 0.717) is 25.9 Å². The maximum absolute atomic E-state index is 12.4. The molecular formula is C14H20N2O2S. The van der Waals surface area contributed by atoms with Gasteiger partial charge in [0, 0.05) is 23.9 Å². The molecular weight excluding hydrogens is 260 g/mol. The van der Waals surface area contributed by atoms with E-state index in [4.69, 9.17) is 5.73 Å². The highest BCUT2D eigenvalue weighted by Crippen LogP contribution is 2.25. The molecule has 104 valence electrons. The Balaban J connectivity index is 2.03. The first-order valence-corrected chi connectivity index (χ1v) is 7.52. The van der Waals surface area contributed by atoms with E-state index in [1.54, 1.807) is 11.3 Å². The van der Waals surface area contributed by atoms with Crippen molar-refractivity contribution < 1.29 is 9.59 Å². The number of hydrogen-bond acceptors (Lipinski definition) is 3. The van der Waals surface area contributed by atoms with E-state index in [-0.39, 0.29) is 17.7 Å². The highest BCUT2D eigenvalue weighted by Gasteiger charge is 2.27. The van der Waals surface area contributed by atoms with E-state index in [1.807, 2.05) is 17.9 Å². The molecule has 0 aromatic carbocycles. The average molecular weight is 280 g/mol. The second-order valence-corrected chi connectivity index (χ2v) is 6.18. The van der Waals surface area contributed by atoms with Crippen LogP contribution in [0.15, 0.2) is 6.07 Å². The van der Waals surface area contributed by atoms with E-state index in [1.165, 1.54) is 10.4 Å². The van der Waals surface area contributed by atoms with E-state index < -0.39 is 0 Å². The van der Waals surface area contributed by atoms with Crippen molar-refractivity contribution in [3.63, 3.8) is 0 Å². The van der Waals surface area contributed by atoms with Crippen molar-refractivity contribution in [2.45, 2.75) is 33.1 Å². The Hall–Kier alpha value is -1.36. The first-order valence-electron chi connectivity index (χ1n) is 6.70. The molecule has 0 aliphatic carbocycles. The molecule has 1 saturated heterocycles. The lowest BCUT2D eigenvalue weighted by atomic mass is 9.96. The molecule has 0 radical (unpaired) electrons. The minimum atomic E-state index is -0.243. The Bertz CT molecular complexity index is 488. The van der Waals surface area contributed by atoms with Gasteiger partial charge in [-0.1, -0.05) is 6.92 Å². The van der Waals surface area contributed by atoms with Crippen LogP contribution in [0.3, 0.4) is 0 Å². The number of carbonyl (C=O) groups excluding carboxylic acids is 2. The number of amides is 2. The van der Waals surface area contributed by atoms with Crippen LogP contribution in [0.2, 0.25) is 0 Å². The molecule has 0 bridgehead atoms. The lowest BCUT2D eigenvalue weighted by Crippen LogP contribution is -2.41. The zero-order valence-electron chi connectivity index (χ0n) is 11.4. The summed E-state index contributed by atoms with van der Waals surface area (Å²) in [6.07, 6.45) is 2.34. The number of rotatable bonds is 3. The molecule has 2 rings (SSSR count). The number of likely N-dealkylation sites (tertiary alicyclic amines) is 1. The van der Waals surface area contributed by atoms with Crippen LogP contribution < -0.4 is 5.73 Å². The molecule has 2 amide bonds. The van der Waals surface area contributed by atoms with Crippen molar-refractivity contribution in [1.29, 1.82) is 0 Å². The van der Waals surface area contributed by atoms with Crippen molar-refractivity contribution in [2.75, 3.05) is 13.1 Å². The summed E-state index contributed by atoms with van der Waals surface area (Å²) in [5.74, 6) is -0.219. The van der Waals surface area contributed by atoms with Crippen LogP contribution in [0, 0.1) is 12.8 Å². The predicted molar refractivity (Wildman–Crippen MR) is 76.3 cm³/mol. The Labute approximate surface area is 117 Å². The Morgan fingerprint density at radius 3 is 2.53 bits per heavy atom. The molecule has 4 nitrogen and oxygen atoms in total. The van der Waals surface area contributed by atoms with Gasteiger partial charge in [-0.3, -0.25) is 9.59 Å². The van der Waals surface area contributed by atoms with Gasteiger partial charge in [0.15, 0.2) is 0 Å². The molecule has 0 atom stereocenters. The van der Waals surface area contributed by atoms with Crippen LogP contribution in [0.1, 0.15) is 39.9 Å². The summed E-state index contributed by atoms with van der Waals surface area (Å²) in [7, 11) is 0. The Morgan fingerprint density at radius 1 is 1.42 bits per heavy atom. The fourth-order valence-corrected chi connectivity index (χ4v) is 3.58. The van der Waals surface area contributed by atoms with E-state index in [9.17, 15) is 9.59 Å². The van der Waals surface area contributed by atoms with Crippen LogP contribution in [-0.4, -0.2) is 29.8 Å². The topological polar surface area (TPSA) is 63.4 Å². The quantitative estimate of drug-likeness (QED) is 0.920. The van der Waals surface area contributed by atoms with Crippen LogP contribution in [0.5, 0.6) is 0 Å². The number of hydrogen-bond donors (Lipinski definition) is 1. The summed E-state index contributed by atoms with van der Waals surface area (Å²) in [6.45, 7) is 5.41. The Kier molecular flexibility index (Phi) is 4.24. The second kappa shape index (κ2) is 5.74. The maximum atomic E-state index is 12.4. The number of nitrogens with zero attached hydrogens (tertiary/aromatic N) is 1. The summed E-state index contributed by atoms with van der Waals surface area (Å²) < 4.78 is 0. The van der Waals surface area contributed by atoms with Gasteiger partial charge >= 0.3 is 0 Å². The third-order valence-electron chi connectivity index (χ3n) is 3.74. The van der Waals surface area contributed by atoms with Gasteiger partial charge in [-0.25, -0.2) is 0 Å². The third-order valence-corrected chi connectivity index (χ3v) is 5.11. The SMILES string of the molecule is CCc1sc(C(=O)N2CCC(C(N)=O)CC2)cc1C. The smallest absolute Gasteiger partial charge is 0.263 e. The van der Waals surface area contributed by atoms with Crippen molar-refractivity contribution in [1.82, 2.24) is 4.90 Å². The molecule has 19 heavy (non-hydrogen) atoms. The minimum absolute atomic E-state index is 0.0691. The van der Waals surface area contributed by atoms with Gasteiger partial charge in [0.1, 0.15) is 0 Å². The first-order chi connectivity index (χ1) is 9.02. The van der Waals surface area contributed by atoms with Gasteiger partial charge in [-0.05, 0) is 37.8 Å². The van der Waals surface area contributed by atoms with Gasteiger partial charge in [0.2, 0.25) is 5.91 Å². The molecule has 2 N–H and O–H groups in total. The van der Waals surface area contributed by atoms with Crippen molar-refractivity contribution in [3.05, 3.63) is 21.4 Å². The van der Waals surface area contributed by atoms with Crippen molar-refractivity contribution >= 4 is 23.2 Å². The molecule has 1 aliphatic heterocycles. The van der Waals surface area contributed by atoms with Crippen LogP contribution in [0.25, 0.3) is 0 Å². The molecule has 0 unspecified atom stereocenters. The standard InChI is InChI=1S/C14H20N2O2S/c1-3-11-9(2)8-12(19-11)14(18)16-6-4-10(5-7-16)13(15)17/h8,10H,3-7H2,1-2H3,(H2,15,17). The fourth-order valence-electron chi connectivity index (χ4n) is 2.50. The summed E-state index contributed by atoms with van der Waals surface area (Å²) in [5, 5.41) is 0. The normalized spacial score (nSPS) is 16.6. The third kappa shape index (κ3) is 2.97. The predicted octanol–water partition coefficient (Wildman–Crippen LogP) is 1.96. The molecule has 1 aromatic rings. The average Bonchev–Trinajstić information content (AvgIpc) is 2.79. The minimum Gasteiger partial charge on any atom is -0.369 e. The highest BCUT2D eigenvalue weighted by molar-refractivity contribution is 7.14. The summed E-state index contributed by atoms with van der Waals surface area (Å²) >= 11 is 1.59. The second-order valence-electron chi connectivity index (χ2n) is 5.04. The van der Waals surface area contributed by atoms with Gasteiger partial charge in [0.25, 0.3) is 5.91 Å². The monoisotopic (exact) mass is 280 g/mol. The van der Waals surface area contributed by atoms with Gasteiger partial charge in [-0.15, -0.1) is 11.3 Å². The van der Waals surface area contributed by atoms with Crippen LogP contribution >= 0.6 is 11.3 Å².